The van der Waals surface area contributed by atoms with Crippen LogP contribution < -0.4 is 21.0 Å². The maximum Gasteiger partial charge on any atom is 0.345 e. The van der Waals surface area contributed by atoms with Crippen molar-refractivity contribution in [2.45, 2.75) is 109 Å². The van der Waals surface area contributed by atoms with Gasteiger partial charge in [-0.05, 0) is 81.8 Å². The molecule has 52 heavy (non-hydrogen) atoms. The van der Waals surface area contributed by atoms with E-state index >= 15 is 0 Å². The van der Waals surface area contributed by atoms with E-state index in [2.05, 4.69) is 40.0 Å². The van der Waals surface area contributed by atoms with Crippen LogP contribution in [0.15, 0.2) is 46.0 Å². The zero-order valence-corrected chi connectivity index (χ0v) is 30.3. The fourth-order valence-corrected chi connectivity index (χ4v) is 8.66. The molecule has 0 spiro atoms. The number of aromatic nitrogens is 5. The van der Waals surface area contributed by atoms with Crippen molar-refractivity contribution in [1.29, 1.82) is 0 Å². The van der Waals surface area contributed by atoms with E-state index in [1.807, 2.05) is 36.9 Å². The molecule has 13 heteroatoms. The van der Waals surface area contributed by atoms with Crippen LogP contribution in [0.5, 0.6) is 0 Å². The Balaban J connectivity index is 1.02. The summed E-state index contributed by atoms with van der Waals surface area (Å²) in [5, 5.41) is 5.13. The van der Waals surface area contributed by atoms with E-state index in [-0.39, 0.29) is 35.3 Å². The average Bonchev–Trinajstić information content (AvgIpc) is 3.72. The monoisotopic (exact) mass is 710 g/mol. The molecule has 0 N–H and O–H groups in total. The highest BCUT2D eigenvalue weighted by atomic mass is 19.1. The normalized spacial score (nSPS) is 22.2. The Hall–Kier alpha value is -4.36. The number of nitrogens with zero attached hydrogens (tertiary/aromatic N) is 8. The Kier molecular flexibility index (Phi) is 8.14. The van der Waals surface area contributed by atoms with Crippen molar-refractivity contribution in [2.24, 2.45) is 0 Å². The average molecular weight is 711 g/mol. The molecule has 0 radical (unpaired) electrons. The van der Waals surface area contributed by atoms with E-state index in [4.69, 9.17) is 9.72 Å². The molecule has 0 unspecified atom stereocenters. The number of anilines is 2. The van der Waals surface area contributed by atoms with Crippen molar-refractivity contribution >= 4 is 28.2 Å². The van der Waals surface area contributed by atoms with Gasteiger partial charge in [-0.2, -0.15) is 5.10 Å². The number of hydrogen-bond acceptors (Lipinski definition) is 8. The van der Waals surface area contributed by atoms with Gasteiger partial charge in [-0.1, -0.05) is 12.1 Å². The summed E-state index contributed by atoms with van der Waals surface area (Å²) in [7, 11) is 0. The van der Waals surface area contributed by atoms with Crippen LogP contribution in [-0.4, -0.2) is 91.9 Å². The minimum atomic E-state index is -0.760. The van der Waals surface area contributed by atoms with Gasteiger partial charge in [0.15, 0.2) is 0 Å². The first-order valence-electron chi connectivity index (χ1n) is 19.0. The lowest BCUT2D eigenvalue weighted by Gasteiger charge is -2.45. The van der Waals surface area contributed by atoms with Gasteiger partial charge in [0.1, 0.15) is 17.8 Å². The second-order valence-corrected chi connectivity index (χ2v) is 15.9. The van der Waals surface area contributed by atoms with Crippen LogP contribution >= 0.6 is 0 Å². The van der Waals surface area contributed by atoms with Crippen molar-refractivity contribution < 1.29 is 13.9 Å². The van der Waals surface area contributed by atoms with Gasteiger partial charge < -0.3 is 14.5 Å². The molecule has 6 heterocycles. The summed E-state index contributed by atoms with van der Waals surface area (Å²) in [6.45, 7) is 10.4. The van der Waals surface area contributed by atoms with E-state index in [9.17, 15) is 18.8 Å². The summed E-state index contributed by atoms with van der Waals surface area (Å²) < 4.78 is 24.7. The zero-order chi connectivity index (χ0) is 35.9. The van der Waals surface area contributed by atoms with Crippen LogP contribution in [0.3, 0.4) is 0 Å². The number of alkyl halides is 1. The first-order chi connectivity index (χ1) is 25.1. The van der Waals surface area contributed by atoms with E-state index in [0.717, 1.165) is 54.0 Å². The number of halogens is 1. The van der Waals surface area contributed by atoms with Crippen LogP contribution in [0.1, 0.15) is 62.8 Å². The highest BCUT2D eigenvalue weighted by Gasteiger charge is 2.49. The maximum absolute atomic E-state index is 14.3. The Labute approximate surface area is 301 Å². The predicted octanol–water partition coefficient (Wildman–Crippen LogP) is 3.22. The summed E-state index contributed by atoms with van der Waals surface area (Å²) in [5.41, 5.74) is 3.91. The number of carbonyl (C=O) groups excluding carboxylic acids is 1. The first-order valence-corrected chi connectivity index (χ1v) is 19.0. The van der Waals surface area contributed by atoms with Gasteiger partial charge in [-0.3, -0.25) is 23.6 Å². The van der Waals surface area contributed by atoms with Crippen LogP contribution in [0, 0.1) is 0 Å². The predicted molar refractivity (Wildman–Crippen MR) is 196 cm³/mol. The van der Waals surface area contributed by atoms with E-state index in [1.165, 1.54) is 4.68 Å². The highest BCUT2D eigenvalue weighted by molar-refractivity contribution is 6.08. The number of carbonyl (C=O) groups is 1. The van der Waals surface area contributed by atoms with Crippen LogP contribution in [-0.2, 0) is 53.8 Å². The highest BCUT2D eigenvalue weighted by Crippen LogP contribution is 2.47. The third-order valence-electron chi connectivity index (χ3n) is 12.1. The molecule has 4 aromatic rings. The molecule has 4 aliphatic heterocycles. The molecule has 1 saturated carbocycles. The fourth-order valence-electron chi connectivity index (χ4n) is 8.66. The van der Waals surface area contributed by atoms with E-state index in [0.29, 0.717) is 82.0 Å². The lowest BCUT2D eigenvalue weighted by molar-refractivity contribution is -0.122. The van der Waals surface area contributed by atoms with Gasteiger partial charge in [0.2, 0.25) is 5.91 Å². The molecular weight excluding hydrogens is 663 g/mol. The molecule has 12 nitrogen and oxygen atoms in total. The number of morpholine rings is 1. The number of hydrogen-bond donors (Lipinski definition) is 0. The van der Waals surface area contributed by atoms with E-state index in [1.54, 1.807) is 9.13 Å². The van der Waals surface area contributed by atoms with Crippen LogP contribution in [0.25, 0.3) is 10.9 Å². The molecule has 1 amide bonds. The minimum absolute atomic E-state index is 0.0527. The molecule has 2 aromatic heterocycles. The van der Waals surface area contributed by atoms with Crippen molar-refractivity contribution in [2.75, 3.05) is 42.6 Å². The van der Waals surface area contributed by atoms with Gasteiger partial charge in [-0.25, -0.2) is 18.9 Å². The first kappa shape index (κ1) is 33.5. The molecule has 9 rings (SSSR count). The molecule has 2 atom stereocenters. The van der Waals surface area contributed by atoms with Gasteiger partial charge in [0, 0.05) is 75.6 Å². The van der Waals surface area contributed by atoms with Gasteiger partial charge in [0.25, 0.3) is 5.56 Å². The summed E-state index contributed by atoms with van der Waals surface area (Å²) >= 11 is 0. The quantitative estimate of drug-likeness (QED) is 0.247. The molecule has 1 aliphatic carbocycles. The minimum Gasteiger partial charge on any atom is -0.373 e. The summed E-state index contributed by atoms with van der Waals surface area (Å²) in [6.07, 6.45) is 3.93. The lowest BCUT2D eigenvalue weighted by atomic mass is 9.85. The van der Waals surface area contributed by atoms with Gasteiger partial charge in [0.05, 0.1) is 35.6 Å². The third kappa shape index (κ3) is 5.67. The van der Waals surface area contributed by atoms with Crippen molar-refractivity contribution in [1.82, 2.24) is 28.8 Å². The van der Waals surface area contributed by atoms with Crippen molar-refractivity contribution in [3.05, 3.63) is 80.0 Å². The summed E-state index contributed by atoms with van der Waals surface area (Å²) in [5.74, 6) is 1.58. The largest absolute Gasteiger partial charge is 0.373 e. The number of fused-ring (bicyclic) bond motifs is 3. The SMILES string of the molecule is C[C@@H]([C@H]1CN(c2ccc3c(=O)n(CCc4ccc5c(c4)N(C4CC4)C(=O)C5(C)C)c(CCn4nc5n(c4=O)CCC5)nc3c2)CCO1)N1CC(F)C1. The molecule has 3 fully saturated rings. The fraction of sp³-hybridized carbons (Fsp3) is 0.564. The molecule has 274 valence electrons. The smallest absolute Gasteiger partial charge is 0.345 e. The van der Waals surface area contributed by atoms with Gasteiger partial charge in [-0.15, -0.1) is 0 Å². The third-order valence-corrected chi connectivity index (χ3v) is 12.1. The lowest BCUT2D eigenvalue weighted by Crippen LogP contribution is -2.59. The number of ether oxygens (including phenoxy) is 1. The summed E-state index contributed by atoms with van der Waals surface area (Å²) in [4.78, 5) is 52.3. The van der Waals surface area contributed by atoms with Crippen LogP contribution in [0.2, 0.25) is 0 Å². The Morgan fingerprint density at radius 2 is 1.83 bits per heavy atom. The molecule has 5 aliphatic rings. The van der Waals surface area contributed by atoms with Gasteiger partial charge >= 0.3 is 5.69 Å². The molecule has 0 bridgehead atoms. The Bertz CT molecular complexity index is 2180. The molecule has 2 saturated heterocycles. The topological polar surface area (TPSA) is 111 Å². The second kappa shape index (κ2) is 12.6. The van der Waals surface area contributed by atoms with Crippen molar-refractivity contribution in [3.8, 4) is 0 Å². The zero-order valence-electron chi connectivity index (χ0n) is 30.3. The standard InChI is InChI=1S/C39H47FN8O4/c1-24(44-21-26(40)22-44)33-23-43(17-18-52-33)28-9-10-29-31(20-28)41-34(13-16-47-38(51)46-14-4-5-35(46)42-47)45(36(29)49)15-12-25-6-11-30-32(19-25)48(27-7-8-27)37(50)39(30,2)3/h6,9-11,19-20,24,26-27,33H,4-5,7-8,12-18,21-23H2,1-3H3/t24-,33+/m0/s1. The number of likely N-dealkylation sites (tertiary alicyclic amines) is 1. The van der Waals surface area contributed by atoms with E-state index < -0.39 is 11.6 Å². The molecular formula is C39H47FN8O4. The Morgan fingerprint density at radius 1 is 1.00 bits per heavy atom. The molecule has 2 aromatic carbocycles. The Morgan fingerprint density at radius 3 is 2.60 bits per heavy atom. The number of aryl methyl sites for hydroxylation is 4. The second-order valence-electron chi connectivity index (χ2n) is 15.9. The summed E-state index contributed by atoms with van der Waals surface area (Å²) in [6, 6.07) is 12.5. The number of rotatable bonds is 10. The maximum atomic E-state index is 14.3. The van der Waals surface area contributed by atoms with Crippen LogP contribution in [0.4, 0.5) is 15.8 Å². The van der Waals surface area contributed by atoms with Crippen molar-refractivity contribution in [3.63, 3.8) is 0 Å². The number of amides is 1. The number of benzene rings is 2.